The Morgan fingerprint density at radius 1 is 1.53 bits per heavy atom. The van der Waals surface area contributed by atoms with Gasteiger partial charge in [-0.25, -0.2) is 0 Å². The largest absolute Gasteiger partial charge is 0.320 e. The third-order valence-electron chi connectivity index (χ3n) is 2.16. The summed E-state index contributed by atoms with van der Waals surface area (Å²) in [6.45, 7) is 1.80. The number of carbonyl (C=O) groups is 1. The fourth-order valence-corrected chi connectivity index (χ4v) is 1.48. The van der Waals surface area contributed by atoms with Crippen molar-refractivity contribution in [2.75, 3.05) is 11.2 Å². The second-order valence-electron chi connectivity index (χ2n) is 3.62. The van der Waals surface area contributed by atoms with Gasteiger partial charge in [0.1, 0.15) is 5.69 Å². The third kappa shape index (κ3) is 4.03. The van der Waals surface area contributed by atoms with Crippen molar-refractivity contribution in [3.8, 4) is 0 Å². The quantitative estimate of drug-likeness (QED) is 0.500. The molecule has 0 bridgehead atoms. The first-order valence-corrected chi connectivity index (χ1v) is 5.69. The molecule has 0 aromatic heterocycles. The lowest BCUT2D eigenvalue weighted by Crippen LogP contribution is -2.12. The Morgan fingerprint density at radius 3 is 2.82 bits per heavy atom. The first kappa shape index (κ1) is 13.4. The molecule has 1 rings (SSSR count). The third-order valence-corrected chi connectivity index (χ3v) is 2.43. The SMILES string of the molecule is Cc1ccc([N+](=O)[O-])c(NC(=O)CCCCl)c1. The van der Waals surface area contributed by atoms with E-state index >= 15 is 0 Å². The number of hydrogen-bond donors (Lipinski definition) is 1. The number of halogens is 1. The van der Waals surface area contributed by atoms with Gasteiger partial charge in [-0.3, -0.25) is 14.9 Å². The van der Waals surface area contributed by atoms with Gasteiger partial charge in [0.15, 0.2) is 0 Å². The van der Waals surface area contributed by atoms with Gasteiger partial charge in [-0.2, -0.15) is 0 Å². The van der Waals surface area contributed by atoms with Gasteiger partial charge in [-0.05, 0) is 25.0 Å². The van der Waals surface area contributed by atoms with Crippen LogP contribution in [0.4, 0.5) is 11.4 Å². The van der Waals surface area contributed by atoms with Gasteiger partial charge in [0.25, 0.3) is 5.69 Å². The summed E-state index contributed by atoms with van der Waals surface area (Å²) < 4.78 is 0. The van der Waals surface area contributed by atoms with E-state index in [-0.39, 0.29) is 23.7 Å². The normalized spacial score (nSPS) is 10.0. The van der Waals surface area contributed by atoms with Crippen LogP contribution in [0.5, 0.6) is 0 Å². The molecular formula is C11H13ClN2O3. The first-order chi connectivity index (χ1) is 8.04. The monoisotopic (exact) mass is 256 g/mol. The predicted molar refractivity (Wildman–Crippen MR) is 66.4 cm³/mol. The molecule has 17 heavy (non-hydrogen) atoms. The van der Waals surface area contributed by atoms with E-state index in [1.165, 1.54) is 6.07 Å². The maximum absolute atomic E-state index is 11.5. The van der Waals surface area contributed by atoms with Crippen molar-refractivity contribution in [2.24, 2.45) is 0 Å². The van der Waals surface area contributed by atoms with Crippen LogP contribution in [0, 0.1) is 17.0 Å². The summed E-state index contributed by atoms with van der Waals surface area (Å²) in [7, 11) is 0. The van der Waals surface area contributed by atoms with Crippen LogP contribution < -0.4 is 5.32 Å². The topological polar surface area (TPSA) is 72.2 Å². The number of amides is 1. The lowest BCUT2D eigenvalue weighted by Gasteiger charge is -2.06. The number of aryl methyl sites for hydroxylation is 1. The lowest BCUT2D eigenvalue weighted by atomic mass is 10.2. The molecule has 1 amide bonds. The minimum Gasteiger partial charge on any atom is -0.320 e. The van der Waals surface area contributed by atoms with Crippen LogP contribution in [0.1, 0.15) is 18.4 Å². The highest BCUT2D eigenvalue weighted by Gasteiger charge is 2.15. The van der Waals surface area contributed by atoms with Gasteiger partial charge in [0, 0.05) is 18.4 Å². The Balaban J connectivity index is 2.85. The van der Waals surface area contributed by atoms with Gasteiger partial charge in [0.2, 0.25) is 5.91 Å². The van der Waals surface area contributed by atoms with Crippen LogP contribution >= 0.6 is 11.6 Å². The highest BCUT2D eigenvalue weighted by Crippen LogP contribution is 2.25. The molecule has 1 aromatic rings. The molecule has 92 valence electrons. The van der Waals surface area contributed by atoms with Crippen molar-refractivity contribution in [1.82, 2.24) is 0 Å². The molecule has 1 aromatic carbocycles. The van der Waals surface area contributed by atoms with E-state index in [2.05, 4.69) is 5.32 Å². The van der Waals surface area contributed by atoms with Crippen LogP contribution in [0.25, 0.3) is 0 Å². The molecule has 0 heterocycles. The first-order valence-electron chi connectivity index (χ1n) is 5.15. The molecule has 0 unspecified atom stereocenters. The Labute approximate surface area is 104 Å². The Hall–Kier alpha value is -1.62. The Bertz CT molecular complexity index is 435. The summed E-state index contributed by atoms with van der Waals surface area (Å²) in [6.07, 6.45) is 0.807. The van der Waals surface area contributed by atoms with Crippen LogP contribution in [-0.4, -0.2) is 16.7 Å². The molecule has 0 aliphatic heterocycles. The molecule has 1 N–H and O–H groups in total. The molecule has 0 atom stereocenters. The highest BCUT2D eigenvalue weighted by molar-refractivity contribution is 6.18. The van der Waals surface area contributed by atoms with E-state index in [0.29, 0.717) is 12.3 Å². The fourth-order valence-electron chi connectivity index (χ4n) is 1.35. The number of nitro groups is 1. The smallest absolute Gasteiger partial charge is 0.292 e. The average Bonchev–Trinajstić information content (AvgIpc) is 2.26. The van der Waals surface area contributed by atoms with Crippen LogP contribution in [0.3, 0.4) is 0 Å². The van der Waals surface area contributed by atoms with Gasteiger partial charge < -0.3 is 5.32 Å². The van der Waals surface area contributed by atoms with Gasteiger partial charge in [-0.1, -0.05) is 6.07 Å². The summed E-state index contributed by atoms with van der Waals surface area (Å²) in [5.41, 5.74) is 0.979. The van der Waals surface area contributed by atoms with E-state index < -0.39 is 4.92 Å². The number of hydrogen-bond acceptors (Lipinski definition) is 3. The number of carbonyl (C=O) groups excluding carboxylic acids is 1. The predicted octanol–water partition coefficient (Wildman–Crippen LogP) is 2.86. The molecule has 0 aliphatic carbocycles. The van der Waals surface area contributed by atoms with E-state index in [4.69, 9.17) is 11.6 Å². The van der Waals surface area contributed by atoms with E-state index in [1.807, 2.05) is 0 Å². The minimum atomic E-state index is -0.517. The minimum absolute atomic E-state index is 0.102. The molecule has 0 saturated heterocycles. The molecule has 0 radical (unpaired) electrons. The average molecular weight is 257 g/mol. The zero-order valence-electron chi connectivity index (χ0n) is 9.40. The van der Waals surface area contributed by atoms with Gasteiger partial charge in [0.05, 0.1) is 4.92 Å². The molecule has 5 nitrogen and oxygen atoms in total. The number of nitro benzene ring substituents is 1. The van der Waals surface area contributed by atoms with Crippen molar-refractivity contribution in [2.45, 2.75) is 19.8 Å². The molecule has 0 aliphatic rings. The van der Waals surface area contributed by atoms with Crippen molar-refractivity contribution in [3.05, 3.63) is 33.9 Å². The summed E-state index contributed by atoms with van der Waals surface area (Å²) >= 11 is 5.47. The van der Waals surface area contributed by atoms with Crippen LogP contribution in [-0.2, 0) is 4.79 Å². The Morgan fingerprint density at radius 2 is 2.24 bits per heavy atom. The Kier molecular flexibility index (Phi) is 4.90. The van der Waals surface area contributed by atoms with Gasteiger partial charge in [-0.15, -0.1) is 11.6 Å². The number of nitrogens with one attached hydrogen (secondary N) is 1. The number of anilines is 1. The van der Waals surface area contributed by atoms with Crippen molar-refractivity contribution in [3.63, 3.8) is 0 Å². The van der Waals surface area contributed by atoms with Crippen LogP contribution in [0.15, 0.2) is 18.2 Å². The van der Waals surface area contributed by atoms with E-state index in [1.54, 1.807) is 19.1 Å². The van der Waals surface area contributed by atoms with Gasteiger partial charge >= 0.3 is 0 Å². The van der Waals surface area contributed by atoms with Crippen LogP contribution in [0.2, 0.25) is 0 Å². The second kappa shape index (κ2) is 6.20. The highest BCUT2D eigenvalue weighted by atomic mass is 35.5. The van der Waals surface area contributed by atoms with Crippen molar-refractivity contribution < 1.29 is 9.72 Å². The fraction of sp³-hybridized carbons (Fsp3) is 0.364. The van der Waals surface area contributed by atoms with E-state index in [0.717, 1.165) is 5.56 Å². The maximum Gasteiger partial charge on any atom is 0.292 e. The molecule has 6 heteroatoms. The van der Waals surface area contributed by atoms with E-state index in [9.17, 15) is 14.9 Å². The molecule has 0 fully saturated rings. The van der Waals surface area contributed by atoms with Crippen molar-refractivity contribution in [1.29, 1.82) is 0 Å². The second-order valence-corrected chi connectivity index (χ2v) is 4.00. The summed E-state index contributed by atoms with van der Waals surface area (Å²) in [5.74, 6) is 0.128. The lowest BCUT2D eigenvalue weighted by molar-refractivity contribution is -0.383. The number of rotatable bonds is 5. The van der Waals surface area contributed by atoms with Crippen molar-refractivity contribution >= 4 is 28.9 Å². The summed E-state index contributed by atoms with van der Waals surface area (Å²) in [6, 6.07) is 4.59. The molecular weight excluding hydrogens is 244 g/mol. The molecule has 0 saturated carbocycles. The zero-order valence-corrected chi connectivity index (χ0v) is 10.2. The summed E-state index contributed by atoms with van der Waals surface area (Å²) in [5, 5.41) is 13.3. The number of nitrogens with zero attached hydrogens (tertiary/aromatic N) is 1. The maximum atomic E-state index is 11.5. The zero-order chi connectivity index (χ0) is 12.8. The molecule has 0 spiro atoms. The number of alkyl halides is 1. The summed E-state index contributed by atoms with van der Waals surface area (Å²) in [4.78, 5) is 21.7. The number of benzene rings is 1. The standard InChI is InChI=1S/C11H13ClN2O3/c1-8-4-5-10(14(16)17)9(7-8)13-11(15)3-2-6-12/h4-5,7H,2-3,6H2,1H3,(H,13,15).